The topological polar surface area (TPSA) is 38.7 Å². The van der Waals surface area contributed by atoms with Crippen LogP contribution in [-0.4, -0.2) is 31.5 Å². The molecular formula is C17H24O3. The summed E-state index contributed by atoms with van der Waals surface area (Å²) in [5.74, 6) is 6.55. The van der Waals surface area contributed by atoms with Crippen LogP contribution in [0.5, 0.6) is 0 Å². The van der Waals surface area contributed by atoms with Crippen molar-refractivity contribution in [1.82, 2.24) is 0 Å². The van der Waals surface area contributed by atoms with Crippen LogP contribution in [0, 0.1) is 17.8 Å². The van der Waals surface area contributed by atoms with E-state index in [-0.39, 0.29) is 6.61 Å². The average molecular weight is 276 g/mol. The summed E-state index contributed by atoms with van der Waals surface area (Å²) < 4.78 is 11.1. The molecule has 3 nitrogen and oxygen atoms in total. The first-order valence-corrected chi connectivity index (χ1v) is 7.07. The van der Waals surface area contributed by atoms with Gasteiger partial charge in [-0.2, -0.15) is 0 Å². The third-order valence-electron chi connectivity index (χ3n) is 2.56. The average Bonchev–Trinajstić information content (AvgIpc) is 2.44. The van der Waals surface area contributed by atoms with Gasteiger partial charge in [0, 0.05) is 18.6 Å². The van der Waals surface area contributed by atoms with Gasteiger partial charge >= 0.3 is 0 Å². The minimum absolute atomic E-state index is 0.0961. The van der Waals surface area contributed by atoms with E-state index in [9.17, 15) is 0 Å². The predicted molar refractivity (Wildman–Crippen MR) is 80.3 cm³/mol. The molecule has 0 aromatic heterocycles. The summed E-state index contributed by atoms with van der Waals surface area (Å²) in [6.45, 7) is 6.87. The summed E-state index contributed by atoms with van der Waals surface area (Å²) in [7, 11) is 0. The third-order valence-corrected chi connectivity index (χ3v) is 2.56. The summed E-state index contributed by atoms with van der Waals surface area (Å²) >= 11 is 0. The molecule has 0 aliphatic carbocycles. The number of benzene rings is 1. The van der Waals surface area contributed by atoms with Crippen molar-refractivity contribution in [2.24, 2.45) is 5.92 Å². The molecule has 0 amide bonds. The van der Waals surface area contributed by atoms with Crippen LogP contribution < -0.4 is 0 Å². The van der Waals surface area contributed by atoms with Gasteiger partial charge in [-0.25, -0.2) is 0 Å². The molecule has 0 heterocycles. The maximum Gasteiger partial charge on any atom is 0.0730 e. The molecule has 0 aliphatic heterocycles. The molecular weight excluding hydrogens is 252 g/mol. The van der Waals surface area contributed by atoms with Crippen molar-refractivity contribution < 1.29 is 14.6 Å². The van der Waals surface area contributed by atoms with Crippen LogP contribution in [0.1, 0.15) is 31.4 Å². The lowest BCUT2D eigenvalue weighted by Gasteiger charge is -2.08. The van der Waals surface area contributed by atoms with Gasteiger partial charge in [0.2, 0.25) is 0 Å². The zero-order chi connectivity index (χ0) is 14.6. The number of hydrogen-bond donors (Lipinski definition) is 1. The molecule has 0 radical (unpaired) electrons. The first-order chi connectivity index (χ1) is 9.74. The van der Waals surface area contributed by atoms with Gasteiger partial charge in [-0.3, -0.25) is 0 Å². The van der Waals surface area contributed by atoms with Gasteiger partial charge < -0.3 is 14.6 Å². The van der Waals surface area contributed by atoms with E-state index in [1.807, 2.05) is 24.3 Å². The van der Waals surface area contributed by atoms with Crippen LogP contribution in [0.15, 0.2) is 24.3 Å². The molecule has 1 N–H and O–H groups in total. The second-order valence-electron chi connectivity index (χ2n) is 4.95. The predicted octanol–water partition coefficient (Wildman–Crippen LogP) is 2.61. The van der Waals surface area contributed by atoms with Crippen LogP contribution in [-0.2, 0) is 16.1 Å². The van der Waals surface area contributed by atoms with E-state index in [0.29, 0.717) is 32.2 Å². The number of aliphatic hydroxyl groups excluding tert-OH is 1. The third kappa shape index (κ3) is 7.30. The molecule has 0 unspecified atom stereocenters. The monoisotopic (exact) mass is 276 g/mol. The quantitative estimate of drug-likeness (QED) is 0.586. The molecule has 20 heavy (non-hydrogen) atoms. The Morgan fingerprint density at radius 1 is 1.15 bits per heavy atom. The van der Waals surface area contributed by atoms with Gasteiger partial charge in [0.25, 0.3) is 0 Å². The number of hydrogen-bond acceptors (Lipinski definition) is 3. The Hall–Kier alpha value is -1.34. The van der Waals surface area contributed by atoms with Gasteiger partial charge in [-0.05, 0) is 17.5 Å². The molecule has 1 aromatic rings. The van der Waals surface area contributed by atoms with Crippen LogP contribution in [0.4, 0.5) is 0 Å². The number of rotatable bonds is 8. The summed E-state index contributed by atoms with van der Waals surface area (Å²) in [5.41, 5.74) is 2.03. The molecule has 0 spiro atoms. The fraction of sp³-hybridized carbons (Fsp3) is 0.529. The van der Waals surface area contributed by atoms with E-state index < -0.39 is 0 Å². The van der Waals surface area contributed by atoms with Crippen molar-refractivity contribution in [1.29, 1.82) is 0 Å². The van der Waals surface area contributed by atoms with E-state index in [1.54, 1.807) is 0 Å². The minimum Gasteiger partial charge on any atom is -0.395 e. The lowest BCUT2D eigenvalue weighted by atomic mass is 10.1. The summed E-state index contributed by atoms with van der Waals surface area (Å²) in [4.78, 5) is 0. The largest absolute Gasteiger partial charge is 0.395 e. The fourth-order valence-electron chi connectivity index (χ4n) is 1.60. The molecule has 1 rings (SSSR count). The molecule has 0 saturated heterocycles. The van der Waals surface area contributed by atoms with Crippen molar-refractivity contribution in [2.45, 2.75) is 26.9 Å². The maximum absolute atomic E-state index is 8.74. The minimum atomic E-state index is 0.0961. The summed E-state index contributed by atoms with van der Waals surface area (Å²) in [5, 5.41) is 8.74. The van der Waals surface area contributed by atoms with E-state index in [2.05, 4.69) is 25.7 Å². The zero-order valence-electron chi connectivity index (χ0n) is 12.4. The Morgan fingerprint density at radius 3 is 2.65 bits per heavy atom. The zero-order valence-corrected chi connectivity index (χ0v) is 12.4. The van der Waals surface area contributed by atoms with Crippen molar-refractivity contribution in [3.05, 3.63) is 35.4 Å². The lowest BCUT2D eigenvalue weighted by molar-refractivity contribution is 0.0314. The maximum atomic E-state index is 8.74. The van der Waals surface area contributed by atoms with E-state index in [4.69, 9.17) is 14.6 Å². The van der Waals surface area contributed by atoms with Gasteiger partial charge in [-0.15, -0.1) is 0 Å². The van der Waals surface area contributed by atoms with Gasteiger partial charge in [0.1, 0.15) is 0 Å². The first kappa shape index (κ1) is 16.7. The van der Waals surface area contributed by atoms with Crippen LogP contribution in [0.2, 0.25) is 0 Å². The van der Waals surface area contributed by atoms with Gasteiger partial charge in [-0.1, -0.05) is 43.9 Å². The number of ether oxygens (including phenoxy) is 2. The van der Waals surface area contributed by atoms with Gasteiger partial charge in [0.15, 0.2) is 0 Å². The van der Waals surface area contributed by atoms with Crippen molar-refractivity contribution in [3.8, 4) is 11.8 Å². The first-order valence-electron chi connectivity index (χ1n) is 7.07. The van der Waals surface area contributed by atoms with Crippen LogP contribution >= 0.6 is 0 Å². The molecule has 0 saturated carbocycles. The Kier molecular flexibility index (Phi) is 8.73. The highest BCUT2D eigenvalue weighted by molar-refractivity contribution is 5.40. The van der Waals surface area contributed by atoms with E-state index in [1.165, 1.54) is 0 Å². The highest BCUT2D eigenvalue weighted by atomic mass is 16.5. The molecule has 0 atom stereocenters. The number of aliphatic hydroxyl groups is 1. The Bertz CT molecular complexity index is 429. The standard InChI is InChI=1S/C17H24O3/c1-15(2)13-19-11-12-20-14-17-9-4-3-7-16(17)8-5-6-10-18/h3-4,7,9,15,18H,6,10-14H2,1-2H3. The van der Waals surface area contributed by atoms with E-state index in [0.717, 1.165) is 17.7 Å². The molecule has 0 bridgehead atoms. The van der Waals surface area contributed by atoms with Crippen molar-refractivity contribution in [3.63, 3.8) is 0 Å². The SMILES string of the molecule is CC(C)COCCOCc1ccccc1C#CCCO. The summed E-state index contributed by atoms with van der Waals surface area (Å²) in [6, 6.07) is 7.92. The molecule has 0 fully saturated rings. The van der Waals surface area contributed by atoms with Crippen molar-refractivity contribution in [2.75, 3.05) is 26.4 Å². The highest BCUT2D eigenvalue weighted by Gasteiger charge is 1.99. The Labute approximate surface area is 121 Å². The normalized spacial score (nSPS) is 10.4. The Balaban J connectivity index is 2.35. The Morgan fingerprint density at radius 2 is 1.90 bits per heavy atom. The van der Waals surface area contributed by atoms with Gasteiger partial charge in [0.05, 0.1) is 26.4 Å². The molecule has 3 heteroatoms. The van der Waals surface area contributed by atoms with Crippen molar-refractivity contribution >= 4 is 0 Å². The molecule has 0 aliphatic rings. The molecule has 1 aromatic carbocycles. The molecule has 110 valence electrons. The lowest BCUT2D eigenvalue weighted by Crippen LogP contribution is -2.08. The van der Waals surface area contributed by atoms with E-state index >= 15 is 0 Å². The fourth-order valence-corrected chi connectivity index (χ4v) is 1.60. The second kappa shape index (κ2) is 10.4. The smallest absolute Gasteiger partial charge is 0.0730 e. The summed E-state index contributed by atoms with van der Waals surface area (Å²) in [6.07, 6.45) is 0.498. The van der Waals surface area contributed by atoms with Crippen LogP contribution in [0.3, 0.4) is 0 Å². The second-order valence-corrected chi connectivity index (χ2v) is 4.95. The highest BCUT2D eigenvalue weighted by Crippen LogP contribution is 2.08. The van der Waals surface area contributed by atoms with Crippen LogP contribution in [0.25, 0.3) is 0 Å².